The number of rotatable bonds is 1. The molecule has 104 valence electrons. The SMILES string of the molecule is CC1CCN(C(=O)c2ccc3c(c2)CNC3)CC1.Cl. The number of carbonyl (C=O) groups is 1. The van der Waals surface area contributed by atoms with Gasteiger partial charge in [-0.2, -0.15) is 0 Å². The van der Waals surface area contributed by atoms with Crippen LogP contribution in [0.1, 0.15) is 41.3 Å². The van der Waals surface area contributed by atoms with Gasteiger partial charge in [0.25, 0.3) is 5.91 Å². The molecule has 4 heteroatoms. The van der Waals surface area contributed by atoms with Crippen molar-refractivity contribution in [1.82, 2.24) is 10.2 Å². The van der Waals surface area contributed by atoms with E-state index in [0.717, 1.165) is 50.5 Å². The second kappa shape index (κ2) is 5.93. The zero-order valence-electron chi connectivity index (χ0n) is 11.3. The van der Waals surface area contributed by atoms with Crippen LogP contribution in [0.2, 0.25) is 0 Å². The minimum absolute atomic E-state index is 0. The summed E-state index contributed by atoms with van der Waals surface area (Å²) in [7, 11) is 0. The van der Waals surface area contributed by atoms with E-state index in [-0.39, 0.29) is 18.3 Å². The topological polar surface area (TPSA) is 32.3 Å². The van der Waals surface area contributed by atoms with Crippen molar-refractivity contribution in [3.63, 3.8) is 0 Å². The number of benzene rings is 1. The average molecular weight is 281 g/mol. The summed E-state index contributed by atoms with van der Waals surface area (Å²) in [5, 5.41) is 3.31. The Bertz CT molecular complexity index is 467. The molecule has 3 nitrogen and oxygen atoms in total. The molecule has 19 heavy (non-hydrogen) atoms. The highest BCUT2D eigenvalue weighted by Gasteiger charge is 2.22. The summed E-state index contributed by atoms with van der Waals surface area (Å²) in [5.74, 6) is 0.967. The standard InChI is InChI=1S/C15H20N2O.ClH/c1-11-4-6-17(7-5-11)15(18)12-2-3-13-9-16-10-14(13)8-12;/h2-3,8,11,16H,4-7,9-10H2,1H3;1H. The zero-order valence-corrected chi connectivity index (χ0v) is 12.1. The summed E-state index contributed by atoms with van der Waals surface area (Å²) in [4.78, 5) is 14.4. The van der Waals surface area contributed by atoms with E-state index in [1.807, 2.05) is 11.0 Å². The number of carbonyl (C=O) groups excluding carboxylic acids is 1. The van der Waals surface area contributed by atoms with E-state index >= 15 is 0 Å². The summed E-state index contributed by atoms with van der Waals surface area (Å²) in [6.07, 6.45) is 2.27. The highest BCUT2D eigenvalue weighted by Crippen LogP contribution is 2.21. The van der Waals surface area contributed by atoms with E-state index in [1.165, 1.54) is 11.1 Å². The van der Waals surface area contributed by atoms with Crippen LogP contribution in [0.25, 0.3) is 0 Å². The summed E-state index contributed by atoms with van der Waals surface area (Å²) in [5.41, 5.74) is 3.47. The van der Waals surface area contributed by atoms with Gasteiger partial charge in [-0.25, -0.2) is 0 Å². The molecule has 0 saturated carbocycles. The monoisotopic (exact) mass is 280 g/mol. The maximum atomic E-state index is 12.4. The average Bonchev–Trinajstić information content (AvgIpc) is 2.86. The summed E-state index contributed by atoms with van der Waals surface area (Å²) < 4.78 is 0. The second-order valence-electron chi connectivity index (χ2n) is 5.56. The van der Waals surface area contributed by atoms with Crippen LogP contribution in [0.15, 0.2) is 18.2 Å². The molecule has 1 aromatic carbocycles. The first-order valence-corrected chi connectivity index (χ1v) is 6.86. The Balaban J connectivity index is 0.00000133. The van der Waals surface area contributed by atoms with Crippen LogP contribution >= 0.6 is 12.4 Å². The molecule has 3 rings (SSSR count). The third kappa shape index (κ3) is 2.93. The normalized spacial score (nSPS) is 18.9. The van der Waals surface area contributed by atoms with Gasteiger partial charge in [-0.05, 0) is 42.0 Å². The molecule has 1 aromatic rings. The number of nitrogens with one attached hydrogen (secondary N) is 1. The minimum atomic E-state index is 0. The van der Waals surface area contributed by atoms with Gasteiger partial charge < -0.3 is 10.2 Å². The fourth-order valence-electron chi connectivity index (χ4n) is 2.82. The zero-order chi connectivity index (χ0) is 12.5. The lowest BCUT2D eigenvalue weighted by molar-refractivity contribution is 0.0697. The van der Waals surface area contributed by atoms with Crippen molar-refractivity contribution < 1.29 is 4.79 Å². The lowest BCUT2D eigenvalue weighted by atomic mass is 9.98. The molecule has 1 amide bonds. The molecule has 0 atom stereocenters. The number of likely N-dealkylation sites (tertiary alicyclic amines) is 1. The molecular formula is C15H21ClN2O. The molecule has 0 aliphatic carbocycles. The highest BCUT2D eigenvalue weighted by atomic mass is 35.5. The predicted octanol–water partition coefficient (Wildman–Crippen LogP) is 2.58. The molecule has 1 N–H and O–H groups in total. The van der Waals surface area contributed by atoms with Crippen molar-refractivity contribution in [2.45, 2.75) is 32.9 Å². The molecule has 0 radical (unpaired) electrons. The van der Waals surface area contributed by atoms with Crippen molar-refractivity contribution in [2.75, 3.05) is 13.1 Å². The van der Waals surface area contributed by atoms with Gasteiger partial charge in [0.1, 0.15) is 0 Å². The van der Waals surface area contributed by atoms with E-state index in [9.17, 15) is 4.79 Å². The molecule has 2 aliphatic heterocycles. The molecule has 0 spiro atoms. The minimum Gasteiger partial charge on any atom is -0.339 e. The molecule has 2 heterocycles. The van der Waals surface area contributed by atoms with Crippen LogP contribution in [0, 0.1) is 5.92 Å². The number of piperidine rings is 1. The van der Waals surface area contributed by atoms with Crippen molar-refractivity contribution in [1.29, 1.82) is 0 Å². The van der Waals surface area contributed by atoms with Crippen molar-refractivity contribution in [2.24, 2.45) is 5.92 Å². The number of hydrogen-bond acceptors (Lipinski definition) is 2. The van der Waals surface area contributed by atoms with Crippen LogP contribution in [0.4, 0.5) is 0 Å². The summed E-state index contributed by atoms with van der Waals surface area (Å²) in [6.45, 7) is 5.92. The number of hydrogen-bond donors (Lipinski definition) is 1. The van der Waals surface area contributed by atoms with E-state index in [2.05, 4.69) is 24.4 Å². The van der Waals surface area contributed by atoms with Gasteiger partial charge >= 0.3 is 0 Å². The van der Waals surface area contributed by atoms with Crippen molar-refractivity contribution in [3.05, 3.63) is 34.9 Å². The van der Waals surface area contributed by atoms with E-state index in [4.69, 9.17) is 0 Å². The molecule has 0 unspecified atom stereocenters. The fourth-order valence-corrected chi connectivity index (χ4v) is 2.82. The predicted molar refractivity (Wildman–Crippen MR) is 78.5 cm³/mol. The van der Waals surface area contributed by atoms with E-state index in [1.54, 1.807) is 0 Å². The quantitative estimate of drug-likeness (QED) is 0.858. The van der Waals surface area contributed by atoms with Gasteiger partial charge in [-0.1, -0.05) is 13.0 Å². The fraction of sp³-hybridized carbons (Fsp3) is 0.533. The maximum absolute atomic E-state index is 12.4. The van der Waals surface area contributed by atoms with Crippen LogP contribution in [-0.2, 0) is 13.1 Å². The Kier molecular flexibility index (Phi) is 4.48. The van der Waals surface area contributed by atoms with Crippen LogP contribution in [0.3, 0.4) is 0 Å². The van der Waals surface area contributed by atoms with Gasteiger partial charge in [0.05, 0.1) is 0 Å². The first-order chi connectivity index (χ1) is 8.74. The van der Waals surface area contributed by atoms with E-state index in [0.29, 0.717) is 0 Å². The number of amides is 1. The first kappa shape index (κ1) is 14.4. The van der Waals surface area contributed by atoms with Crippen molar-refractivity contribution >= 4 is 18.3 Å². The summed E-state index contributed by atoms with van der Waals surface area (Å²) in [6, 6.07) is 6.14. The molecule has 2 aliphatic rings. The van der Waals surface area contributed by atoms with Gasteiger partial charge in [0, 0.05) is 31.7 Å². The van der Waals surface area contributed by atoms with Crippen LogP contribution in [-0.4, -0.2) is 23.9 Å². The molecular weight excluding hydrogens is 260 g/mol. The van der Waals surface area contributed by atoms with Gasteiger partial charge in [-0.15, -0.1) is 12.4 Å². The number of nitrogens with zero attached hydrogens (tertiary/aromatic N) is 1. The van der Waals surface area contributed by atoms with Crippen molar-refractivity contribution in [3.8, 4) is 0 Å². The third-order valence-corrected chi connectivity index (χ3v) is 4.15. The van der Waals surface area contributed by atoms with Crippen LogP contribution < -0.4 is 5.32 Å². The Morgan fingerprint density at radius 2 is 1.89 bits per heavy atom. The molecule has 0 bridgehead atoms. The van der Waals surface area contributed by atoms with Crippen LogP contribution in [0.5, 0.6) is 0 Å². The Morgan fingerprint density at radius 3 is 2.63 bits per heavy atom. The molecule has 0 aromatic heterocycles. The first-order valence-electron chi connectivity index (χ1n) is 6.86. The third-order valence-electron chi connectivity index (χ3n) is 4.15. The number of halogens is 1. The Hall–Kier alpha value is -1.06. The van der Waals surface area contributed by atoms with Gasteiger partial charge in [-0.3, -0.25) is 4.79 Å². The Morgan fingerprint density at radius 1 is 1.21 bits per heavy atom. The molecule has 1 saturated heterocycles. The lowest BCUT2D eigenvalue weighted by Crippen LogP contribution is -2.37. The second-order valence-corrected chi connectivity index (χ2v) is 5.56. The number of fused-ring (bicyclic) bond motifs is 1. The summed E-state index contributed by atoms with van der Waals surface area (Å²) >= 11 is 0. The maximum Gasteiger partial charge on any atom is 0.253 e. The van der Waals surface area contributed by atoms with Gasteiger partial charge in [0.15, 0.2) is 0 Å². The Labute approximate surface area is 120 Å². The smallest absolute Gasteiger partial charge is 0.253 e. The largest absolute Gasteiger partial charge is 0.339 e. The van der Waals surface area contributed by atoms with Gasteiger partial charge in [0.2, 0.25) is 0 Å². The highest BCUT2D eigenvalue weighted by molar-refractivity contribution is 5.94. The van der Waals surface area contributed by atoms with E-state index < -0.39 is 0 Å². The lowest BCUT2D eigenvalue weighted by Gasteiger charge is -2.30. The molecule has 1 fully saturated rings.